The van der Waals surface area contributed by atoms with Crippen LogP contribution in [0, 0.1) is 11.8 Å². The van der Waals surface area contributed by atoms with Gasteiger partial charge in [-0.05, 0) is 55.9 Å². The van der Waals surface area contributed by atoms with Gasteiger partial charge in [0, 0.05) is 31.9 Å². The largest absolute Gasteiger partial charge is 0.497 e. The zero-order valence-corrected chi connectivity index (χ0v) is 19.4. The number of ether oxygens (including phenoxy) is 2. The van der Waals surface area contributed by atoms with Gasteiger partial charge < -0.3 is 19.4 Å². The predicted molar refractivity (Wildman–Crippen MR) is 125 cm³/mol. The topological polar surface area (TPSA) is 108 Å². The van der Waals surface area contributed by atoms with Gasteiger partial charge in [0.25, 0.3) is 5.91 Å². The molecule has 3 amide bonds. The van der Waals surface area contributed by atoms with Crippen LogP contribution < -0.4 is 14.5 Å². The number of carbonyl (C=O) groups excluding carboxylic acids is 3. The Hall–Kier alpha value is -4.00. The molecule has 10 heteroatoms. The van der Waals surface area contributed by atoms with Crippen LogP contribution in [0.3, 0.4) is 0 Å². The number of rotatable bonds is 8. The molecule has 1 aromatic heterocycles. The van der Waals surface area contributed by atoms with Crippen molar-refractivity contribution in [1.29, 1.82) is 0 Å². The molecule has 10 nitrogen and oxygen atoms in total. The number of aromatic amines is 1. The van der Waals surface area contributed by atoms with E-state index in [0.717, 1.165) is 25.7 Å². The van der Waals surface area contributed by atoms with Gasteiger partial charge in [0.2, 0.25) is 6.41 Å². The number of carbonyl (C=O) groups is 3. The summed E-state index contributed by atoms with van der Waals surface area (Å²) in [6.07, 6.45) is 3.81. The number of hydrogen-bond acceptors (Lipinski definition) is 6. The van der Waals surface area contributed by atoms with Crippen LogP contribution in [-0.4, -0.2) is 73.2 Å². The van der Waals surface area contributed by atoms with Gasteiger partial charge >= 0.3 is 6.09 Å². The molecule has 34 heavy (non-hydrogen) atoms. The van der Waals surface area contributed by atoms with Gasteiger partial charge in [0.1, 0.15) is 11.4 Å². The van der Waals surface area contributed by atoms with Crippen LogP contribution in [0.1, 0.15) is 42.0 Å². The SMILES string of the molecule is COc1ccc(N(C)C(=O)OCC#Cc2nc(N(C=O)C3CC3)c(C(=O)N(C)C3CC3)[nH]2)cc1. The fraction of sp³-hybridized carbons (Fsp3) is 0.417. The normalized spacial score (nSPS) is 14.4. The molecule has 1 N–H and O–H groups in total. The zero-order valence-electron chi connectivity index (χ0n) is 19.4. The maximum atomic E-state index is 13.0. The van der Waals surface area contributed by atoms with E-state index in [1.165, 1.54) is 9.80 Å². The van der Waals surface area contributed by atoms with Gasteiger partial charge in [-0.25, -0.2) is 9.78 Å². The number of aromatic nitrogens is 2. The van der Waals surface area contributed by atoms with E-state index in [1.807, 2.05) is 0 Å². The molecule has 2 fully saturated rings. The van der Waals surface area contributed by atoms with Gasteiger partial charge in [-0.15, -0.1) is 0 Å². The molecule has 0 aliphatic heterocycles. The van der Waals surface area contributed by atoms with E-state index < -0.39 is 6.09 Å². The van der Waals surface area contributed by atoms with Gasteiger partial charge in [0.05, 0.1) is 7.11 Å². The first-order chi connectivity index (χ1) is 16.4. The van der Waals surface area contributed by atoms with Gasteiger partial charge in [-0.1, -0.05) is 5.92 Å². The molecule has 2 saturated carbocycles. The average molecular weight is 466 g/mol. The van der Waals surface area contributed by atoms with Crippen molar-refractivity contribution in [3.8, 4) is 17.6 Å². The number of nitrogens with zero attached hydrogens (tertiary/aromatic N) is 4. The molecule has 0 radical (unpaired) electrons. The summed E-state index contributed by atoms with van der Waals surface area (Å²) in [6, 6.07) is 7.24. The van der Waals surface area contributed by atoms with Crippen molar-refractivity contribution in [3.05, 3.63) is 35.8 Å². The van der Waals surface area contributed by atoms with Crippen LogP contribution in [0.25, 0.3) is 0 Å². The van der Waals surface area contributed by atoms with Crippen LogP contribution >= 0.6 is 0 Å². The summed E-state index contributed by atoms with van der Waals surface area (Å²) in [4.78, 5) is 48.8. The fourth-order valence-electron chi connectivity index (χ4n) is 3.45. The van der Waals surface area contributed by atoms with Crippen LogP contribution in [0.2, 0.25) is 0 Å². The van der Waals surface area contributed by atoms with Gasteiger partial charge in [-0.3, -0.25) is 19.4 Å². The quantitative estimate of drug-likeness (QED) is 0.474. The lowest BCUT2D eigenvalue weighted by Gasteiger charge is -2.19. The second-order valence-corrected chi connectivity index (χ2v) is 8.29. The zero-order chi connectivity index (χ0) is 24.2. The van der Waals surface area contributed by atoms with Crippen molar-refractivity contribution in [2.45, 2.75) is 37.8 Å². The first kappa shape index (κ1) is 23.2. The Morgan fingerprint density at radius 3 is 2.41 bits per heavy atom. The molecular formula is C24H27N5O5. The Morgan fingerprint density at radius 1 is 1.15 bits per heavy atom. The molecule has 2 aromatic rings. The maximum absolute atomic E-state index is 13.0. The highest BCUT2D eigenvalue weighted by atomic mass is 16.6. The Labute approximate surface area is 197 Å². The third kappa shape index (κ3) is 5.14. The minimum absolute atomic E-state index is 0.0498. The monoisotopic (exact) mass is 465 g/mol. The molecular weight excluding hydrogens is 438 g/mol. The Morgan fingerprint density at radius 2 is 1.82 bits per heavy atom. The maximum Gasteiger partial charge on any atom is 0.414 e. The summed E-state index contributed by atoms with van der Waals surface area (Å²) in [7, 11) is 4.91. The molecule has 0 saturated heterocycles. The molecule has 1 aromatic carbocycles. The summed E-state index contributed by atoms with van der Waals surface area (Å²) >= 11 is 0. The van der Waals surface area contributed by atoms with Crippen LogP contribution in [0.5, 0.6) is 5.75 Å². The van der Waals surface area contributed by atoms with E-state index in [2.05, 4.69) is 21.8 Å². The van der Waals surface area contributed by atoms with Crippen molar-refractivity contribution in [3.63, 3.8) is 0 Å². The first-order valence-corrected chi connectivity index (χ1v) is 11.1. The summed E-state index contributed by atoms with van der Waals surface area (Å²) in [5.41, 5.74) is 0.889. The molecule has 0 bridgehead atoms. The number of methoxy groups -OCH3 is 1. The predicted octanol–water partition coefficient (Wildman–Crippen LogP) is 2.40. The lowest BCUT2D eigenvalue weighted by Crippen LogP contribution is -2.32. The van der Waals surface area contributed by atoms with E-state index in [9.17, 15) is 14.4 Å². The summed E-state index contributed by atoms with van der Waals surface area (Å²) in [5.74, 6) is 6.51. The number of imidazole rings is 1. The van der Waals surface area contributed by atoms with E-state index in [1.54, 1.807) is 50.4 Å². The standard InChI is InChI=1S/C24H27N5O5/c1-27(16-6-7-16)23(31)21-22(29(15-30)18-8-9-18)26-20(25-21)5-4-14-34-24(32)28(2)17-10-12-19(33-3)13-11-17/h10-13,15-16,18H,6-9,14H2,1-3H3,(H,25,26). The average Bonchev–Trinajstić information content (AvgIpc) is 3.79. The number of benzene rings is 1. The molecule has 2 aliphatic carbocycles. The number of nitrogens with one attached hydrogen (secondary N) is 1. The van der Waals surface area contributed by atoms with Crippen molar-refractivity contribution in [2.24, 2.45) is 0 Å². The summed E-state index contributed by atoms with van der Waals surface area (Å²) < 4.78 is 10.3. The van der Waals surface area contributed by atoms with Gasteiger partial charge in [0.15, 0.2) is 18.2 Å². The smallest absolute Gasteiger partial charge is 0.414 e. The van der Waals surface area contributed by atoms with E-state index >= 15 is 0 Å². The molecule has 4 rings (SSSR count). The molecule has 178 valence electrons. The van der Waals surface area contributed by atoms with Crippen molar-refractivity contribution in [2.75, 3.05) is 37.6 Å². The summed E-state index contributed by atoms with van der Waals surface area (Å²) in [5, 5.41) is 0. The second-order valence-electron chi connectivity index (χ2n) is 8.29. The van der Waals surface area contributed by atoms with Crippen molar-refractivity contribution < 1.29 is 23.9 Å². The highest BCUT2D eigenvalue weighted by Crippen LogP contribution is 2.33. The van der Waals surface area contributed by atoms with Crippen LogP contribution in [0.4, 0.5) is 16.3 Å². The number of hydrogen-bond donors (Lipinski definition) is 1. The van der Waals surface area contributed by atoms with Crippen molar-refractivity contribution in [1.82, 2.24) is 14.9 Å². The minimum Gasteiger partial charge on any atom is -0.497 e. The van der Waals surface area contributed by atoms with E-state index in [0.29, 0.717) is 17.8 Å². The molecule has 0 spiro atoms. The lowest BCUT2D eigenvalue weighted by molar-refractivity contribution is -0.107. The highest BCUT2D eigenvalue weighted by molar-refractivity contribution is 5.99. The van der Waals surface area contributed by atoms with Crippen molar-refractivity contribution >= 4 is 29.9 Å². The highest BCUT2D eigenvalue weighted by Gasteiger charge is 2.37. The second kappa shape index (κ2) is 9.87. The number of H-pyrrole nitrogens is 1. The third-order valence-corrected chi connectivity index (χ3v) is 5.82. The third-order valence-electron chi connectivity index (χ3n) is 5.82. The first-order valence-electron chi connectivity index (χ1n) is 11.1. The minimum atomic E-state index is -0.567. The number of anilines is 2. The molecule has 0 unspecified atom stereocenters. The van der Waals surface area contributed by atoms with Crippen LogP contribution in [0.15, 0.2) is 24.3 Å². The Balaban J connectivity index is 1.43. The summed E-state index contributed by atoms with van der Waals surface area (Å²) in [6.45, 7) is -0.166. The Kier molecular flexibility index (Phi) is 6.72. The van der Waals surface area contributed by atoms with E-state index in [4.69, 9.17) is 9.47 Å². The Bertz CT molecular complexity index is 1120. The van der Waals surface area contributed by atoms with Crippen LogP contribution in [-0.2, 0) is 9.53 Å². The molecule has 2 aliphatic rings. The van der Waals surface area contributed by atoms with Gasteiger partial charge in [-0.2, -0.15) is 0 Å². The van der Waals surface area contributed by atoms with E-state index in [-0.39, 0.29) is 41.9 Å². The fourth-order valence-corrected chi connectivity index (χ4v) is 3.45. The number of amides is 3. The molecule has 0 atom stereocenters. The lowest BCUT2D eigenvalue weighted by atomic mass is 10.3. The molecule has 1 heterocycles.